The van der Waals surface area contributed by atoms with Crippen LogP contribution in [-0.2, 0) is 47.9 Å². The molecule has 25 heavy (non-hydrogen) atoms. The van der Waals surface area contributed by atoms with Crippen molar-refractivity contribution >= 4 is 28.3 Å². The van der Waals surface area contributed by atoms with Gasteiger partial charge in [0.1, 0.15) is 6.10 Å². The van der Waals surface area contributed by atoms with E-state index in [1.165, 1.54) is 0 Å². The fourth-order valence-electron chi connectivity index (χ4n) is 2.16. The summed E-state index contributed by atoms with van der Waals surface area (Å²) in [6.07, 6.45) is -7.86. The molecule has 0 amide bonds. The number of carbonyl (C=O) groups excluding carboxylic acids is 3. The van der Waals surface area contributed by atoms with Gasteiger partial charge in [0.15, 0.2) is 24.6 Å². The van der Waals surface area contributed by atoms with Crippen LogP contribution >= 0.6 is 0 Å². The van der Waals surface area contributed by atoms with Gasteiger partial charge in [0.2, 0.25) is 0 Å². The van der Waals surface area contributed by atoms with Gasteiger partial charge in [-0.15, -0.1) is 0 Å². The number of esters is 3. The Labute approximate surface area is 142 Å². The summed E-state index contributed by atoms with van der Waals surface area (Å²) in [5.41, 5.74) is 0. The number of rotatable bonds is 6. The normalized spacial score (nSPS) is 29.6. The minimum Gasteiger partial charge on any atom is -0.456 e. The molecule has 1 rings (SSSR count). The highest BCUT2D eigenvalue weighted by molar-refractivity contribution is 7.80. The van der Waals surface area contributed by atoms with Crippen molar-refractivity contribution in [2.75, 3.05) is 6.61 Å². The number of hydrogen-bond acceptors (Lipinski definition) is 11. The van der Waals surface area contributed by atoms with Crippen molar-refractivity contribution in [3.63, 3.8) is 0 Å². The van der Waals surface area contributed by atoms with Crippen LogP contribution in [0.2, 0.25) is 0 Å². The third kappa shape index (κ3) is 6.91. The zero-order chi connectivity index (χ0) is 19.4. The van der Waals surface area contributed by atoms with Crippen LogP contribution in [0.25, 0.3) is 0 Å². The molecule has 0 bridgehead atoms. The molecule has 0 aromatic carbocycles. The molecule has 12 nitrogen and oxygen atoms in total. The predicted octanol–water partition coefficient (Wildman–Crippen LogP) is -1.68. The molecular weight excluding hydrogens is 368 g/mol. The Morgan fingerprint density at radius 2 is 1.36 bits per heavy atom. The molecule has 0 spiro atoms. The van der Waals surface area contributed by atoms with Crippen LogP contribution in [-0.4, -0.2) is 73.3 Å². The third-order valence-corrected chi connectivity index (χ3v) is 3.33. The van der Waals surface area contributed by atoms with E-state index in [2.05, 4.69) is 4.18 Å². The zero-order valence-electron chi connectivity index (χ0n) is 13.5. The number of ether oxygens (including phenoxy) is 4. The predicted molar refractivity (Wildman–Crippen MR) is 75.0 cm³/mol. The average Bonchev–Trinajstić information content (AvgIpc) is 2.41. The van der Waals surface area contributed by atoms with Crippen LogP contribution in [0.5, 0.6) is 0 Å². The molecule has 1 fully saturated rings. The molecule has 0 aliphatic carbocycles. The molecule has 0 saturated carbocycles. The van der Waals surface area contributed by atoms with E-state index in [4.69, 9.17) is 23.5 Å². The summed E-state index contributed by atoms with van der Waals surface area (Å²) in [4.78, 5) is 33.8. The minimum atomic E-state index is -4.86. The summed E-state index contributed by atoms with van der Waals surface area (Å²) in [7, 11) is -4.86. The maximum absolute atomic E-state index is 11.3. The average molecular weight is 386 g/mol. The van der Waals surface area contributed by atoms with E-state index < -0.39 is 65.6 Å². The number of hydrogen-bond donors (Lipinski definition) is 2. The first-order valence-corrected chi connectivity index (χ1v) is 8.24. The van der Waals surface area contributed by atoms with Crippen LogP contribution in [0.3, 0.4) is 0 Å². The first-order valence-electron chi connectivity index (χ1n) is 6.87. The minimum absolute atomic E-state index is 0.848. The summed E-state index contributed by atoms with van der Waals surface area (Å²) in [6, 6.07) is 0. The SMILES string of the molecule is CC(=O)O[C@@H]1[C@H](OC(C)=O)[C@@H](O)O[C@H](COS(=O)(=O)O)[C@H]1OC(C)=O. The van der Waals surface area contributed by atoms with Crippen molar-refractivity contribution < 1.29 is 55.6 Å². The lowest BCUT2D eigenvalue weighted by Crippen LogP contribution is -2.62. The van der Waals surface area contributed by atoms with Gasteiger partial charge in [0.25, 0.3) is 0 Å². The van der Waals surface area contributed by atoms with E-state index in [1.54, 1.807) is 0 Å². The van der Waals surface area contributed by atoms with Crippen LogP contribution in [0.4, 0.5) is 0 Å². The lowest BCUT2D eigenvalue weighted by Gasteiger charge is -2.42. The number of carbonyl (C=O) groups is 3. The maximum Gasteiger partial charge on any atom is 0.397 e. The molecule has 0 aromatic heterocycles. The van der Waals surface area contributed by atoms with Crippen LogP contribution in [0.15, 0.2) is 0 Å². The lowest BCUT2D eigenvalue weighted by atomic mass is 9.98. The summed E-state index contributed by atoms with van der Waals surface area (Å²) in [6.45, 7) is 2.17. The summed E-state index contributed by atoms with van der Waals surface area (Å²) in [5, 5.41) is 9.95. The van der Waals surface area contributed by atoms with E-state index in [9.17, 15) is 27.9 Å². The highest BCUT2D eigenvalue weighted by Gasteiger charge is 2.51. The fourth-order valence-corrected chi connectivity index (χ4v) is 2.47. The van der Waals surface area contributed by atoms with E-state index in [0.29, 0.717) is 0 Å². The monoisotopic (exact) mass is 386 g/mol. The van der Waals surface area contributed by atoms with Crippen LogP contribution < -0.4 is 0 Å². The molecule has 1 heterocycles. The van der Waals surface area contributed by atoms with Crippen molar-refractivity contribution in [1.29, 1.82) is 0 Å². The molecule has 1 aliphatic rings. The van der Waals surface area contributed by atoms with Crippen molar-refractivity contribution in [2.45, 2.75) is 51.5 Å². The molecule has 1 saturated heterocycles. The highest BCUT2D eigenvalue weighted by atomic mass is 32.3. The van der Waals surface area contributed by atoms with E-state index in [-0.39, 0.29) is 0 Å². The molecule has 1 aliphatic heterocycles. The van der Waals surface area contributed by atoms with Crippen molar-refractivity contribution in [2.24, 2.45) is 0 Å². The van der Waals surface area contributed by atoms with E-state index >= 15 is 0 Å². The first kappa shape index (κ1) is 21.2. The van der Waals surface area contributed by atoms with Gasteiger partial charge in [-0.2, -0.15) is 8.42 Å². The maximum atomic E-state index is 11.3. The first-order chi connectivity index (χ1) is 11.4. The molecule has 5 atom stereocenters. The standard InChI is InChI=1S/C12H18O12S/c1-5(13)21-9-8(4-20-25(17,18)19)24-12(16)11(23-7(3)15)10(9)22-6(2)14/h8-12,16H,4H2,1-3H3,(H,17,18,19)/t8-,9-,10+,11+,12+/m1/s1. The van der Waals surface area contributed by atoms with E-state index in [0.717, 1.165) is 20.8 Å². The Morgan fingerprint density at radius 3 is 1.80 bits per heavy atom. The van der Waals surface area contributed by atoms with Crippen molar-refractivity contribution in [1.82, 2.24) is 0 Å². The summed E-state index contributed by atoms with van der Waals surface area (Å²) in [5.74, 6) is -2.57. The second-order valence-corrected chi connectivity index (χ2v) is 6.09. The second kappa shape index (κ2) is 8.53. The number of aliphatic hydroxyl groups is 1. The van der Waals surface area contributed by atoms with Crippen LogP contribution in [0, 0.1) is 0 Å². The number of aliphatic hydroxyl groups excluding tert-OH is 1. The largest absolute Gasteiger partial charge is 0.456 e. The van der Waals surface area contributed by atoms with Gasteiger partial charge < -0.3 is 24.1 Å². The fraction of sp³-hybridized carbons (Fsp3) is 0.750. The van der Waals surface area contributed by atoms with Gasteiger partial charge in [0.05, 0.1) is 6.61 Å². The van der Waals surface area contributed by atoms with Gasteiger partial charge in [-0.3, -0.25) is 18.9 Å². The van der Waals surface area contributed by atoms with Crippen LogP contribution in [0.1, 0.15) is 20.8 Å². The van der Waals surface area contributed by atoms with Gasteiger partial charge in [-0.05, 0) is 0 Å². The lowest BCUT2D eigenvalue weighted by molar-refractivity contribution is -0.294. The Hall–Kier alpha value is -1.80. The molecular formula is C12H18O12S. The molecule has 0 unspecified atom stereocenters. The Morgan fingerprint density at radius 1 is 0.920 bits per heavy atom. The molecule has 0 radical (unpaired) electrons. The zero-order valence-corrected chi connectivity index (χ0v) is 14.3. The van der Waals surface area contributed by atoms with Gasteiger partial charge >= 0.3 is 28.3 Å². The molecule has 144 valence electrons. The van der Waals surface area contributed by atoms with Gasteiger partial charge in [0, 0.05) is 20.8 Å². The summed E-state index contributed by atoms with van der Waals surface area (Å²) < 4.78 is 54.0. The van der Waals surface area contributed by atoms with Crippen molar-refractivity contribution in [3.05, 3.63) is 0 Å². The molecule has 13 heteroatoms. The van der Waals surface area contributed by atoms with Gasteiger partial charge in [-0.1, -0.05) is 0 Å². The molecule has 2 N–H and O–H groups in total. The Kier molecular flexibility index (Phi) is 7.25. The summed E-state index contributed by atoms with van der Waals surface area (Å²) >= 11 is 0. The quantitative estimate of drug-likeness (QED) is 0.302. The van der Waals surface area contributed by atoms with Crippen molar-refractivity contribution in [3.8, 4) is 0 Å². The molecule has 0 aromatic rings. The topological polar surface area (TPSA) is 172 Å². The Bertz CT molecular complexity index is 614. The van der Waals surface area contributed by atoms with Gasteiger partial charge in [-0.25, -0.2) is 4.18 Å². The second-order valence-electron chi connectivity index (χ2n) is 5.00. The Balaban J connectivity index is 3.15. The third-order valence-electron chi connectivity index (χ3n) is 2.90. The highest BCUT2D eigenvalue weighted by Crippen LogP contribution is 2.28. The van der Waals surface area contributed by atoms with E-state index in [1.807, 2.05) is 0 Å². The smallest absolute Gasteiger partial charge is 0.397 e.